The molecule has 33 heavy (non-hydrogen) atoms. The standard InChI is InChI=1S/C25H25F4NO3/c1-15(2)14-33-24(32)23-16(3)30(13-17-5-4-6-20(26)11-17)22(31)12-21(23)18-7-9-19(10-8-18)25(27,28)29/h4-11,15,21H,12-14H2,1-3H3/t21-/m1/s1. The quantitative estimate of drug-likeness (QED) is 0.400. The molecule has 2 aromatic rings. The second kappa shape index (κ2) is 9.77. The Bertz CT molecular complexity index is 1060. The van der Waals surface area contributed by atoms with E-state index in [9.17, 15) is 27.2 Å². The summed E-state index contributed by atoms with van der Waals surface area (Å²) in [5, 5.41) is 0. The fourth-order valence-electron chi connectivity index (χ4n) is 3.80. The summed E-state index contributed by atoms with van der Waals surface area (Å²) in [5.41, 5.74) is 0.703. The van der Waals surface area contributed by atoms with Crippen molar-refractivity contribution < 1.29 is 31.9 Å². The molecule has 3 rings (SSSR count). The van der Waals surface area contributed by atoms with Gasteiger partial charge in [-0.05, 0) is 48.2 Å². The molecule has 0 aliphatic carbocycles. The molecule has 0 saturated heterocycles. The zero-order chi connectivity index (χ0) is 24.3. The Kier molecular flexibility index (Phi) is 7.25. The van der Waals surface area contributed by atoms with Crippen LogP contribution >= 0.6 is 0 Å². The minimum absolute atomic E-state index is 0.0586. The summed E-state index contributed by atoms with van der Waals surface area (Å²) in [6.45, 7) is 5.57. The lowest BCUT2D eigenvalue weighted by Crippen LogP contribution is -2.38. The number of halogens is 4. The van der Waals surface area contributed by atoms with Crippen LogP contribution in [0.15, 0.2) is 59.8 Å². The summed E-state index contributed by atoms with van der Waals surface area (Å²) < 4.78 is 58.0. The van der Waals surface area contributed by atoms with E-state index in [1.54, 1.807) is 13.0 Å². The van der Waals surface area contributed by atoms with E-state index in [0.717, 1.165) is 12.1 Å². The average Bonchev–Trinajstić information content (AvgIpc) is 2.74. The van der Waals surface area contributed by atoms with E-state index < -0.39 is 29.4 Å². The predicted molar refractivity (Wildman–Crippen MR) is 114 cm³/mol. The van der Waals surface area contributed by atoms with Crippen molar-refractivity contribution in [1.29, 1.82) is 0 Å². The van der Waals surface area contributed by atoms with Crippen LogP contribution < -0.4 is 0 Å². The van der Waals surface area contributed by atoms with Crippen LogP contribution in [-0.4, -0.2) is 23.4 Å². The number of carbonyl (C=O) groups excluding carboxylic acids is 2. The van der Waals surface area contributed by atoms with Gasteiger partial charge in [0, 0.05) is 18.0 Å². The molecule has 8 heteroatoms. The predicted octanol–water partition coefficient (Wildman–Crippen LogP) is 5.83. The van der Waals surface area contributed by atoms with Crippen molar-refractivity contribution in [1.82, 2.24) is 4.90 Å². The van der Waals surface area contributed by atoms with Gasteiger partial charge in [-0.15, -0.1) is 0 Å². The minimum Gasteiger partial charge on any atom is -0.462 e. The number of ether oxygens (including phenoxy) is 1. The summed E-state index contributed by atoms with van der Waals surface area (Å²) in [7, 11) is 0. The van der Waals surface area contributed by atoms with Gasteiger partial charge >= 0.3 is 12.1 Å². The maximum absolute atomic E-state index is 13.6. The van der Waals surface area contributed by atoms with Crippen molar-refractivity contribution in [2.24, 2.45) is 5.92 Å². The van der Waals surface area contributed by atoms with Gasteiger partial charge in [-0.1, -0.05) is 38.1 Å². The summed E-state index contributed by atoms with van der Waals surface area (Å²) in [6, 6.07) is 10.2. The molecule has 0 saturated carbocycles. The topological polar surface area (TPSA) is 46.6 Å². The highest BCUT2D eigenvalue weighted by Crippen LogP contribution is 2.39. The molecular formula is C25H25F4NO3. The Morgan fingerprint density at radius 1 is 1.15 bits per heavy atom. The van der Waals surface area contributed by atoms with E-state index >= 15 is 0 Å². The number of nitrogens with zero attached hydrogens (tertiary/aromatic N) is 1. The van der Waals surface area contributed by atoms with Crippen molar-refractivity contribution in [3.8, 4) is 0 Å². The van der Waals surface area contributed by atoms with Crippen molar-refractivity contribution >= 4 is 11.9 Å². The first kappa shape index (κ1) is 24.5. The second-order valence-corrected chi connectivity index (χ2v) is 8.48. The highest BCUT2D eigenvalue weighted by atomic mass is 19.4. The maximum Gasteiger partial charge on any atom is 0.416 e. The van der Waals surface area contributed by atoms with Gasteiger partial charge in [-0.3, -0.25) is 4.79 Å². The van der Waals surface area contributed by atoms with Crippen molar-refractivity contribution in [3.05, 3.63) is 82.3 Å². The third kappa shape index (κ3) is 5.80. The molecular weight excluding hydrogens is 438 g/mol. The Morgan fingerprint density at radius 2 is 1.82 bits per heavy atom. The number of carbonyl (C=O) groups is 2. The van der Waals surface area contributed by atoms with Crippen LogP contribution in [0, 0.1) is 11.7 Å². The molecule has 176 valence electrons. The maximum atomic E-state index is 13.6. The molecule has 1 aliphatic heterocycles. The lowest BCUT2D eigenvalue weighted by molar-refractivity contribution is -0.141. The minimum atomic E-state index is -4.49. The van der Waals surface area contributed by atoms with Gasteiger partial charge < -0.3 is 9.64 Å². The molecule has 0 unspecified atom stereocenters. The molecule has 0 aromatic heterocycles. The van der Waals surface area contributed by atoms with Crippen molar-refractivity contribution in [2.75, 3.05) is 6.61 Å². The number of esters is 1. The number of benzene rings is 2. The van der Waals surface area contributed by atoms with Gasteiger partial charge in [0.2, 0.25) is 5.91 Å². The summed E-state index contributed by atoms with van der Waals surface area (Å²) in [4.78, 5) is 27.4. The van der Waals surface area contributed by atoms with Crippen LogP contribution in [0.3, 0.4) is 0 Å². The first-order chi connectivity index (χ1) is 15.5. The van der Waals surface area contributed by atoms with E-state index in [-0.39, 0.29) is 37.0 Å². The molecule has 2 aromatic carbocycles. The summed E-state index contributed by atoms with van der Waals surface area (Å²) >= 11 is 0. The van der Waals surface area contributed by atoms with Crippen LogP contribution in [0.2, 0.25) is 0 Å². The smallest absolute Gasteiger partial charge is 0.416 e. The van der Waals surface area contributed by atoms with Gasteiger partial charge in [-0.25, -0.2) is 9.18 Å². The average molecular weight is 463 g/mol. The number of alkyl halides is 3. The zero-order valence-electron chi connectivity index (χ0n) is 18.6. The van der Waals surface area contributed by atoms with Gasteiger partial charge in [0.05, 0.1) is 24.3 Å². The normalized spacial score (nSPS) is 17.0. The van der Waals surface area contributed by atoms with Crippen LogP contribution in [-0.2, 0) is 27.0 Å². The number of hydrogen-bond acceptors (Lipinski definition) is 3. The molecule has 4 nitrogen and oxygen atoms in total. The highest BCUT2D eigenvalue weighted by molar-refractivity contribution is 5.95. The lowest BCUT2D eigenvalue weighted by atomic mass is 9.83. The van der Waals surface area contributed by atoms with E-state index in [2.05, 4.69) is 0 Å². The monoisotopic (exact) mass is 463 g/mol. The number of allylic oxidation sites excluding steroid dienone is 1. The van der Waals surface area contributed by atoms with Crippen LogP contribution in [0.25, 0.3) is 0 Å². The van der Waals surface area contributed by atoms with E-state index in [4.69, 9.17) is 4.74 Å². The third-order valence-electron chi connectivity index (χ3n) is 5.46. The van der Waals surface area contributed by atoms with Crippen LogP contribution in [0.1, 0.15) is 49.8 Å². The molecule has 1 atom stereocenters. The van der Waals surface area contributed by atoms with Crippen molar-refractivity contribution in [3.63, 3.8) is 0 Å². The van der Waals surface area contributed by atoms with E-state index in [0.29, 0.717) is 16.8 Å². The Morgan fingerprint density at radius 3 is 2.39 bits per heavy atom. The second-order valence-electron chi connectivity index (χ2n) is 8.48. The fourth-order valence-corrected chi connectivity index (χ4v) is 3.80. The molecule has 0 spiro atoms. The molecule has 1 amide bonds. The van der Waals surface area contributed by atoms with Gasteiger partial charge in [0.15, 0.2) is 0 Å². The number of rotatable bonds is 6. The zero-order valence-corrected chi connectivity index (χ0v) is 18.6. The van der Waals surface area contributed by atoms with Gasteiger partial charge in [-0.2, -0.15) is 13.2 Å². The summed E-state index contributed by atoms with van der Waals surface area (Å²) in [6.07, 6.45) is -4.61. The van der Waals surface area contributed by atoms with Crippen LogP contribution in [0.4, 0.5) is 17.6 Å². The number of amides is 1. The van der Waals surface area contributed by atoms with Crippen molar-refractivity contribution in [2.45, 2.75) is 45.8 Å². The van der Waals surface area contributed by atoms with Gasteiger partial charge in [0.25, 0.3) is 0 Å². The first-order valence-electron chi connectivity index (χ1n) is 10.6. The highest BCUT2D eigenvalue weighted by Gasteiger charge is 2.38. The molecule has 0 fully saturated rings. The molecule has 0 N–H and O–H groups in total. The lowest BCUT2D eigenvalue weighted by Gasteiger charge is -2.34. The third-order valence-corrected chi connectivity index (χ3v) is 5.46. The molecule has 0 radical (unpaired) electrons. The SMILES string of the molecule is CC1=C(C(=O)OCC(C)C)[C@@H](c2ccc(C(F)(F)F)cc2)CC(=O)N1Cc1cccc(F)c1. The first-order valence-corrected chi connectivity index (χ1v) is 10.6. The Labute approximate surface area is 189 Å². The van der Waals surface area contributed by atoms with Crippen LogP contribution in [0.5, 0.6) is 0 Å². The fraction of sp³-hybridized carbons (Fsp3) is 0.360. The summed E-state index contributed by atoms with van der Waals surface area (Å²) in [5.74, 6) is -2.06. The largest absolute Gasteiger partial charge is 0.462 e. The molecule has 0 bridgehead atoms. The van der Waals surface area contributed by atoms with Gasteiger partial charge in [0.1, 0.15) is 5.82 Å². The molecule has 1 aliphatic rings. The molecule has 1 heterocycles. The number of hydrogen-bond donors (Lipinski definition) is 0. The van der Waals surface area contributed by atoms with E-state index in [1.165, 1.54) is 35.2 Å². The Balaban J connectivity index is 2.01. The Hall–Kier alpha value is -3.16. The van der Waals surface area contributed by atoms with E-state index in [1.807, 2.05) is 13.8 Å².